The summed E-state index contributed by atoms with van der Waals surface area (Å²) in [5.41, 5.74) is 5.95. The number of nitrogens with zero attached hydrogens (tertiary/aromatic N) is 1. The van der Waals surface area contributed by atoms with Gasteiger partial charge in [-0.3, -0.25) is 4.90 Å². The number of rotatable bonds is 3. The van der Waals surface area contributed by atoms with E-state index in [2.05, 4.69) is 24.1 Å². The van der Waals surface area contributed by atoms with Crippen molar-refractivity contribution >= 4 is 0 Å². The molecule has 0 spiro atoms. The van der Waals surface area contributed by atoms with Crippen LogP contribution in [0.3, 0.4) is 0 Å². The van der Waals surface area contributed by atoms with Gasteiger partial charge in [0.25, 0.3) is 0 Å². The first-order valence-electron chi connectivity index (χ1n) is 9.15. The molecule has 6 heteroatoms. The van der Waals surface area contributed by atoms with E-state index in [1.54, 1.807) is 21.3 Å². The average molecular weight is 369 g/mol. The van der Waals surface area contributed by atoms with Gasteiger partial charge in [0, 0.05) is 23.7 Å². The van der Waals surface area contributed by atoms with E-state index in [4.69, 9.17) is 23.7 Å². The van der Waals surface area contributed by atoms with Gasteiger partial charge in [-0.05, 0) is 48.7 Å². The standard InChI is InChI=1S/C21H23NO5/c1-22-6-5-12-17-14(22)7-11-8-15-16(27-10-26-15)9-13(11)18(17)20(24-3)21(25-4)19(12)23-2/h8-9,14H,5-7,10H2,1-4H3. The molecule has 0 amide bonds. The molecule has 0 saturated carbocycles. The van der Waals surface area contributed by atoms with Crippen molar-refractivity contribution in [1.82, 2.24) is 4.90 Å². The molecule has 1 unspecified atom stereocenters. The molecule has 2 aliphatic heterocycles. The summed E-state index contributed by atoms with van der Waals surface area (Å²) in [4.78, 5) is 2.41. The van der Waals surface area contributed by atoms with Gasteiger partial charge in [0.2, 0.25) is 12.5 Å². The van der Waals surface area contributed by atoms with Crippen LogP contribution in [0.15, 0.2) is 12.1 Å². The van der Waals surface area contributed by atoms with E-state index in [1.165, 1.54) is 16.7 Å². The SMILES string of the molecule is COc1c2c3c(c(OC)c1OC)-c1cc4c(cc1CC3N(C)CC2)OCO4. The first-order valence-corrected chi connectivity index (χ1v) is 9.15. The van der Waals surface area contributed by atoms with Crippen LogP contribution in [-0.2, 0) is 12.8 Å². The number of benzene rings is 2. The first kappa shape index (κ1) is 16.6. The quantitative estimate of drug-likeness (QED) is 0.828. The normalized spacial score (nSPS) is 19.3. The first-order chi connectivity index (χ1) is 13.2. The summed E-state index contributed by atoms with van der Waals surface area (Å²) < 4.78 is 28.6. The van der Waals surface area contributed by atoms with Gasteiger partial charge in [-0.15, -0.1) is 0 Å². The number of ether oxygens (including phenoxy) is 5. The number of fused-ring (bicyclic) bond motifs is 3. The second-order valence-corrected chi connectivity index (χ2v) is 7.18. The Morgan fingerprint density at radius 1 is 0.963 bits per heavy atom. The molecule has 142 valence electrons. The van der Waals surface area contributed by atoms with Gasteiger partial charge in [-0.25, -0.2) is 0 Å². The lowest BCUT2D eigenvalue weighted by Crippen LogP contribution is -2.36. The zero-order chi connectivity index (χ0) is 18.7. The number of methoxy groups -OCH3 is 3. The zero-order valence-electron chi connectivity index (χ0n) is 16.0. The number of hydrogen-bond acceptors (Lipinski definition) is 6. The van der Waals surface area contributed by atoms with E-state index in [9.17, 15) is 0 Å². The van der Waals surface area contributed by atoms with Crippen LogP contribution in [0.4, 0.5) is 0 Å². The van der Waals surface area contributed by atoms with Crippen molar-refractivity contribution in [3.63, 3.8) is 0 Å². The summed E-state index contributed by atoms with van der Waals surface area (Å²) in [6, 6.07) is 4.45. The zero-order valence-corrected chi connectivity index (χ0v) is 16.0. The third-order valence-corrected chi connectivity index (χ3v) is 5.98. The van der Waals surface area contributed by atoms with Gasteiger partial charge in [-0.1, -0.05) is 0 Å². The van der Waals surface area contributed by atoms with Gasteiger partial charge in [-0.2, -0.15) is 0 Å². The van der Waals surface area contributed by atoms with Crippen molar-refractivity contribution in [2.24, 2.45) is 0 Å². The summed E-state index contributed by atoms with van der Waals surface area (Å²) in [5, 5.41) is 0. The van der Waals surface area contributed by atoms with E-state index < -0.39 is 0 Å². The van der Waals surface area contributed by atoms with Crippen LogP contribution in [0, 0.1) is 0 Å². The molecule has 1 aliphatic carbocycles. The summed E-state index contributed by atoms with van der Waals surface area (Å²) >= 11 is 0. The molecule has 2 aromatic rings. The fourth-order valence-corrected chi connectivity index (χ4v) is 4.74. The van der Waals surface area contributed by atoms with Gasteiger partial charge in [0.15, 0.2) is 23.0 Å². The van der Waals surface area contributed by atoms with Crippen molar-refractivity contribution in [1.29, 1.82) is 0 Å². The third kappa shape index (κ3) is 2.16. The monoisotopic (exact) mass is 369 g/mol. The Bertz CT molecular complexity index is 939. The minimum Gasteiger partial charge on any atom is -0.492 e. The second-order valence-electron chi connectivity index (χ2n) is 7.18. The van der Waals surface area contributed by atoms with Crippen LogP contribution in [-0.4, -0.2) is 46.6 Å². The molecule has 27 heavy (non-hydrogen) atoms. The van der Waals surface area contributed by atoms with Gasteiger partial charge in [0.05, 0.1) is 21.3 Å². The number of hydrogen-bond donors (Lipinski definition) is 0. The van der Waals surface area contributed by atoms with Gasteiger partial charge < -0.3 is 23.7 Å². The minimum atomic E-state index is 0.267. The highest BCUT2D eigenvalue weighted by Gasteiger charge is 2.39. The predicted octanol–water partition coefficient (Wildman–Crippen LogP) is 3.19. The van der Waals surface area contributed by atoms with Crippen molar-refractivity contribution in [2.45, 2.75) is 18.9 Å². The van der Waals surface area contributed by atoms with E-state index >= 15 is 0 Å². The minimum absolute atomic E-state index is 0.267. The topological polar surface area (TPSA) is 49.4 Å². The molecule has 0 aromatic heterocycles. The highest BCUT2D eigenvalue weighted by Crippen LogP contribution is 2.57. The lowest BCUT2D eigenvalue weighted by Gasteiger charge is -2.41. The Hall–Kier alpha value is -2.60. The van der Waals surface area contributed by atoms with E-state index in [0.717, 1.165) is 47.8 Å². The van der Waals surface area contributed by atoms with Gasteiger partial charge >= 0.3 is 0 Å². The third-order valence-electron chi connectivity index (χ3n) is 5.98. The molecule has 1 atom stereocenters. The molecular formula is C21H23NO5. The molecule has 6 nitrogen and oxygen atoms in total. The average Bonchev–Trinajstić information content (AvgIpc) is 3.14. The Balaban J connectivity index is 1.88. The Kier molecular flexibility index (Phi) is 3.65. The summed E-state index contributed by atoms with van der Waals surface area (Å²) in [5.74, 6) is 3.75. The summed E-state index contributed by atoms with van der Waals surface area (Å²) in [6.07, 6.45) is 1.83. The molecule has 0 bridgehead atoms. The van der Waals surface area contributed by atoms with Crippen LogP contribution in [0.2, 0.25) is 0 Å². The largest absolute Gasteiger partial charge is 0.492 e. The molecule has 0 radical (unpaired) electrons. The van der Waals surface area contributed by atoms with Crippen molar-refractivity contribution in [2.75, 3.05) is 41.7 Å². The smallest absolute Gasteiger partial charge is 0.231 e. The van der Waals surface area contributed by atoms with Crippen molar-refractivity contribution in [3.05, 3.63) is 28.8 Å². The molecule has 2 aromatic carbocycles. The predicted molar refractivity (Wildman–Crippen MR) is 100 cm³/mol. The highest BCUT2D eigenvalue weighted by atomic mass is 16.7. The van der Waals surface area contributed by atoms with Crippen LogP contribution < -0.4 is 23.7 Å². The maximum atomic E-state index is 5.86. The molecular weight excluding hydrogens is 346 g/mol. The highest BCUT2D eigenvalue weighted by molar-refractivity contribution is 5.87. The van der Waals surface area contributed by atoms with Crippen molar-refractivity contribution < 1.29 is 23.7 Å². The maximum Gasteiger partial charge on any atom is 0.231 e. The summed E-state index contributed by atoms with van der Waals surface area (Å²) in [7, 11) is 7.22. The molecule has 0 N–H and O–H groups in total. The molecule has 3 aliphatic rings. The van der Waals surface area contributed by atoms with Crippen LogP contribution in [0.1, 0.15) is 22.7 Å². The Labute approximate surface area is 158 Å². The Morgan fingerprint density at radius 2 is 1.67 bits per heavy atom. The molecule has 2 heterocycles. The van der Waals surface area contributed by atoms with Gasteiger partial charge in [0.1, 0.15) is 0 Å². The lowest BCUT2D eigenvalue weighted by molar-refractivity contribution is 0.174. The molecule has 0 saturated heterocycles. The van der Waals surface area contributed by atoms with Crippen LogP contribution in [0.5, 0.6) is 28.7 Å². The van der Waals surface area contributed by atoms with E-state index in [-0.39, 0.29) is 12.8 Å². The molecule has 0 fully saturated rings. The van der Waals surface area contributed by atoms with Crippen molar-refractivity contribution in [3.8, 4) is 39.9 Å². The van der Waals surface area contributed by atoms with E-state index in [1.807, 2.05) is 0 Å². The number of likely N-dealkylation sites (N-methyl/N-ethyl adjacent to an activating group) is 1. The fourth-order valence-electron chi connectivity index (χ4n) is 4.74. The lowest BCUT2D eigenvalue weighted by atomic mass is 9.76. The van der Waals surface area contributed by atoms with Crippen LogP contribution in [0.25, 0.3) is 11.1 Å². The Morgan fingerprint density at radius 3 is 2.37 bits per heavy atom. The van der Waals surface area contributed by atoms with E-state index in [0.29, 0.717) is 11.5 Å². The summed E-state index contributed by atoms with van der Waals surface area (Å²) in [6.45, 7) is 1.24. The maximum absolute atomic E-state index is 5.86. The molecule has 5 rings (SSSR count). The van der Waals surface area contributed by atoms with Crippen LogP contribution >= 0.6 is 0 Å². The second kappa shape index (κ2) is 5.96. The fraction of sp³-hybridized carbons (Fsp3) is 0.429.